The Balaban J connectivity index is 1.72. The molecule has 0 aliphatic carbocycles. The van der Waals surface area contributed by atoms with Crippen molar-refractivity contribution in [1.82, 2.24) is 10.2 Å². The summed E-state index contributed by atoms with van der Waals surface area (Å²) in [5, 5.41) is 7.80. The number of nitrogens with one attached hydrogen (secondary N) is 1. The normalized spacial score (nSPS) is 27.7. The molecule has 132 valence electrons. The number of morpholine rings is 1. The average Bonchev–Trinajstić information content (AvgIpc) is 2.87. The average molecular weight is 357 g/mol. The molecule has 2 aliphatic rings. The summed E-state index contributed by atoms with van der Waals surface area (Å²) in [5.41, 5.74) is -0.323. The molecule has 24 heavy (non-hydrogen) atoms. The second-order valence-electron chi connectivity index (χ2n) is 6.34. The van der Waals surface area contributed by atoms with Crippen LogP contribution in [0.4, 0.5) is 4.39 Å². The van der Waals surface area contributed by atoms with E-state index in [4.69, 9.17) is 9.88 Å². The van der Waals surface area contributed by atoms with E-state index in [0.717, 1.165) is 31.2 Å². The van der Waals surface area contributed by atoms with Gasteiger partial charge >= 0.3 is 0 Å². The molecule has 0 radical (unpaired) electrons. The van der Waals surface area contributed by atoms with Gasteiger partial charge in [0.15, 0.2) is 0 Å². The van der Waals surface area contributed by atoms with Gasteiger partial charge in [-0.05, 0) is 31.5 Å². The van der Waals surface area contributed by atoms with Gasteiger partial charge in [-0.2, -0.15) is 0 Å². The molecule has 0 saturated carbocycles. The SMILES string of the molecule is C[C@H]1CN2C[C@@H](NC(=O)c3cc(S(N)(=O)=O)ccc3F)C[C@H]2CO1. The fraction of sp³-hybridized carbons (Fsp3) is 0.533. The highest BCUT2D eigenvalue weighted by Crippen LogP contribution is 2.23. The number of rotatable bonds is 3. The topological polar surface area (TPSA) is 102 Å². The van der Waals surface area contributed by atoms with Crippen LogP contribution in [-0.2, 0) is 14.8 Å². The van der Waals surface area contributed by atoms with Gasteiger partial charge in [0.05, 0.1) is 23.2 Å². The van der Waals surface area contributed by atoms with Crippen LogP contribution in [0.25, 0.3) is 0 Å². The Bertz CT molecular complexity index is 755. The van der Waals surface area contributed by atoms with Crippen molar-refractivity contribution in [2.45, 2.75) is 36.4 Å². The molecule has 0 unspecified atom stereocenters. The molecule has 2 aliphatic heterocycles. The first-order valence-electron chi connectivity index (χ1n) is 7.73. The highest BCUT2D eigenvalue weighted by molar-refractivity contribution is 7.89. The first-order valence-corrected chi connectivity index (χ1v) is 9.27. The minimum Gasteiger partial charge on any atom is -0.376 e. The van der Waals surface area contributed by atoms with E-state index in [9.17, 15) is 17.6 Å². The van der Waals surface area contributed by atoms with Crippen molar-refractivity contribution in [2.75, 3.05) is 19.7 Å². The minimum absolute atomic E-state index is 0.131. The second kappa shape index (κ2) is 6.40. The minimum atomic E-state index is -4.00. The first kappa shape index (κ1) is 17.3. The van der Waals surface area contributed by atoms with E-state index in [2.05, 4.69) is 10.2 Å². The lowest BCUT2D eigenvalue weighted by Gasteiger charge is -2.33. The Hall–Kier alpha value is -1.55. The summed E-state index contributed by atoms with van der Waals surface area (Å²) in [5.74, 6) is -1.43. The summed E-state index contributed by atoms with van der Waals surface area (Å²) in [7, 11) is -4.00. The van der Waals surface area contributed by atoms with Gasteiger partial charge in [-0.25, -0.2) is 17.9 Å². The van der Waals surface area contributed by atoms with Gasteiger partial charge in [-0.3, -0.25) is 9.69 Å². The van der Waals surface area contributed by atoms with Gasteiger partial charge < -0.3 is 10.1 Å². The van der Waals surface area contributed by atoms with Gasteiger partial charge in [0.2, 0.25) is 10.0 Å². The lowest BCUT2D eigenvalue weighted by Crippen LogP contribution is -2.45. The first-order chi connectivity index (χ1) is 11.2. The molecule has 2 heterocycles. The number of ether oxygens (including phenoxy) is 1. The maximum atomic E-state index is 13.9. The van der Waals surface area contributed by atoms with Crippen molar-refractivity contribution < 1.29 is 22.3 Å². The summed E-state index contributed by atoms with van der Waals surface area (Å²) in [4.78, 5) is 14.3. The summed E-state index contributed by atoms with van der Waals surface area (Å²) >= 11 is 0. The fourth-order valence-electron chi connectivity index (χ4n) is 3.26. The molecule has 0 bridgehead atoms. The third-order valence-electron chi connectivity index (χ3n) is 4.44. The van der Waals surface area contributed by atoms with Gasteiger partial charge in [0.1, 0.15) is 5.82 Å². The molecule has 7 nitrogen and oxygen atoms in total. The van der Waals surface area contributed by atoms with Crippen molar-refractivity contribution in [1.29, 1.82) is 0 Å². The van der Waals surface area contributed by atoms with E-state index >= 15 is 0 Å². The van der Waals surface area contributed by atoms with E-state index in [-0.39, 0.29) is 28.6 Å². The molecule has 1 aromatic carbocycles. The lowest BCUT2D eigenvalue weighted by molar-refractivity contribution is -0.0390. The number of primary sulfonamides is 1. The molecule has 1 amide bonds. The summed E-state index contributed by atoms with van der Waals surface area (Å²) in [6, 6.07) is 3.05. The number of carbonyl (C=O) groups is 1. The van der Waals surface area contributed by atoms with Crippen molar-refractivity contribution in [3.63, 3.8) is 0 Å². The quantitative estimate of drug-likeness (QED) is 0.797. The van der Waals surface area contributed by atoms with E-state index in [1.165, 1.54) is 0 Å². The highest BCUT2D eigenvalue weighted by atomic mass is 32.2. The van der Waals surface area contributed by atoms with Crippen molar-refractivity contribution >= 4 is 15.9 Å². The standard InChI is InChI=1S/C15H20FN3O4S/c1-9-6-19-7-10(4-11(19)8-23-9)18-15(20)13-5-12(24(17,21)22)2-3-14(13)16/h2-3,5,9-11H,4,6-8H2,1H3,(H,18,20)(H2,17,21,22)/t9-,10-,11-/m0/s1. The zero-order valence-electron chi connectivity index (χ0n) is 13.2. The van der Waals surface area contributed by atoms with E-state index in [1.54, 1.807) is 0 Å². The van der Waals surface area contributed by atoms with Crippen LogP contribution in [0.1, 0.15) is 23.7 Å². The smallest absolute Gasteiger partial charge is 0.254 e. The van der Waals surface area contributed by atoms with Crippen LogP contribution >= 0.6 is 0 Å². The summed E-state index contributed by atoms with van der Waals surface area (Å²) in [6.45, 7) is 4.08. The lowest BCUT2D eigenvalue weighted by atomic mass is 10.1. The Morgan fingerprint density at radius 2 is 2.17 bits per heavy atom. The van der Waals surface area contributed by atoms with E-state index < -0.39 is 21.7 Å². The molecule has 9 heteroatoms. The molecule has 0 aromatic heterocycles. The molecule has 3 atom stereocenters. The number of hydrogen-bond donors (Lipinski definition) is 2. The van der Waals surface area contributed by atoms with Crippen LogP contribution in [0.2, 0.25) is 0 Å². The number of halogens is 1. The molecule has 2 saturated heterocycles. The van der Waals surface area contributed by atoms with Crippen LogP contribution in [-0.4, -0.2) is 57.1 Å². The van der Waals surface area contributed by atoms with Crippen LogP contribution < -0.4 is 10.5 Å². The molecule has 2 fully saturated rings. The van der Waals surface area contributed by atoms with Crippen molar-refractivity contribution in [2.24, 2.45) is 5.14 Å². The maximum absolute atomic E-state index is 13.9. The number of hydrogen-bond acceptors (Lipinski definition) is 5. The van der Waals surface area contributed by atoms with Gasteiger partial charge in [-0.15, -0.1) is 0 Å². The van der Waals surface area contributed by atoms with Crippen LogP contribution in [0.15, 0.2) is 23.1 Å². The molecular formula is C15H20FN3O4S. The Labute approximate surface area is 140 Å². The summed E-state index contributed by atoms with van der Waals surface area (Å²) in [6.07, 6.45) is 0.870. The van der Waals surface area contributed by atoms with Gasteiger partial charge in [0, 0.05) is 25.2 Å². The molecular weight excluding hydrogens is 337 g/mol. The van der Waals surface area contributed by atoms with Crippen LogP contribution in [0.3, 0.4) is 0 Å². The number of fused-ring (bicyclic) bond motifs is 1. The third-order valence-corrected chi connectivity index (χ3v) is 5.35. The number of amides is 1. The highest BCUT2D eigenvalue weighted by Gasteiger charge is 2.37. The number of nitrogens with zero attached hydrogens (tertiary/aromatic N) is 1. The summed E-state index contributed by atoms with van der Waals surface area (Å²) < 4.78 is 42.2. The maximum Gasteiger partial charge on any atom is 0.254 e. The fourth-order valence-corrected chi connectivity index (χ4v) is 3.80. The molecule has 0 spiro atoms. The number of sulfonamides is 1. The van der Waals surface area contributed by atoms with E-state index in [0.29, 0.717) is 13.2 Å². The largest absolute Gasteiger partial charge is 0.376 e. The monoisotopic (exact) mass is 357 g/mol. The van der Waals surface area contributed by atoms with Crippen LogP contribution in [0, 0.1) is 5.82 Å². The Morgan fingerprint density at radius 3 is 2.88 bits per heavy atom. The molecule has 1 aromatic rings. The molecule has 3 rings (SSSR count). The van der Waals surface area contributed by atoms with Gasteiger partial charge in [-0.1, -0.05) is 0 Å². The van der Waals surface area contributed by atoms with Crippen molar-refractivity contribution in [3.05, 3.63) is 29.6 Å². The Kier molecular flexibility index (Phi) is 4.60. The molecule has 3 N–H and O–H groups in total. The Morgan fingerprint density at radius 1 is 1.42 bits per heavy atom. The van der Waals surface area contributed by atoms with Crippen LogP contribution in [0.5, 0.6) is 0 Å². The van der Waals surface area contributed by atoms with E-state index in [1.807, 2.05) is 6.92 Å². The number of carbonyl (C=O) groups excluding carboxylic acids is 1. The van der Waals surface area contributed by atoms with Crippen molar-refractivity contribution in [3.8, 4) is 0 Å². The predicted octanol–water partition coefficient (Wildman–Crippen LogP) is 0.0645. The van der Waals surface area contributed by atoms with Gasteiger partial charge in [0.25, 0.3) is 5.91 Å². The zero-order chi connectivity index (χ0) is 17.5. The predicted molar refractivity (Wildman–Crippen MR) is 84.4 cm³/mol. The zero-order valence-corrected chi connectivity index (χ0v) is 14.1. The number of nitrogens with two attached hydrogens (primary N) is 1. The second-order valence-corrected chi connectivity index (χ2v) is 7.91. The third kappa shape index (κ3) is 3.59. The number of benzene rings is 1.